The van der Waals surface area contributed by atoms with Crippen molar-refractivity contribution in [3.05, 3.63) is 29.1 Å². The second-order valence-electron chi connectivity index (χ2n) is 6.75. The molecule has 5 nitrogen and oxygen atoms in total. The quantitative estimate of drug-likeness (QED) is 0.768. The first-order chi connectivity index (χ1) is 10.9. The van der Waals surface area contributed by atoms with Gasteiger partial charge in [-0.3, -0.25) is 0 Å². The summed E-state index contributed by atoms with van der Waals surface area (Å²) in [5.74, 6) is 0. The van der Waals surface area contributed by atoms with Gasteiger partial charge < -0.3 is 14.4 Å². The van der Waals surface area contributed by atoms with E-state index in [0.717, 1.165) is 6.07 Å². The molecule has 1 aromatic heterocycles. The van der Waals surface area contributed by atoms with Crippen molar-refractivity contribution in [3.63, 3.8) is 0 Å². The molecular formula is C16H21F3N2O3. The molecule has 0 saturated heterocycles. The molecule has 1 aliphatic heterocycles. The van der Waals surface area contributed by atoms with Crippen molar-refractivity contribution in [3.8, 4) is 0 Å². The average molecular weight is 346 g/mol. The van der Waals surface area contributed by atoms with Gasteiger partial charge in [-0.1, -0.05) is 6.07 Å². The molecule has 0 bridgehead atoms. The number of hydrogen-bond donors (Lipinski definition) is 0. The van der Waals surface area contributed by atoms with Crippen LogP contribution in [0.1, 0.15) is 56.8 Å². The van der Waals surface area contributed by atoms with Gasteiger partial charge in [0.05, 0.1) is 24.4 Å². The third-order valence-electron chi connectivity index (χ3n) is 3.65. The molecule has 0 aliphatic carbocycles. The number of aromatic nitrogens is 1. The van der Waals surface area contributed by atoms with Crippen LogP contribution in [-0.4, -0.2) is 35.2 Å². The maximum atomic E-state index is 12.9. The highest BCUT2D eigenvalue weighted by atomic mass is 19.4. The number of amides is 1. The van der Waals surface area contributed by atoms with Gasteiger partial charge in [0, 0.05) is 12.6 Å². The van der Waals surface area contributed by atoms with Crippen LogP contribution >= 0.6 is 0 Å². The molecular weight excluding hydrogens is 325 g/mol. The summed E-state index contributed by atoms with van der Waals surface area (Å²) in [6.07, 6.45) is -5.68. The topological polar surface area (TPSA) is 51.7 Å². The Labute approximate surface area is 138 Å². The number of hydrogen-bond acceptors (Lipinski definition) is 4. The van der Waals surface area contributed by atoms with Crippen LogP contribution in [0.5, 0.6) is 0 Å². The molecule has 2 atom stereocenters. The standard InChI is InChI=1S/C16H21F3N2O3/c1-9-13-10(6-7-12(20-13)16(17,18)19)11(8-23-9)21(5)14(22)24-15(2,3)4/h6-7,9,11H,8H2,1-5H3/t9-,11-/m1/s1. The minimum absolute atomic E-state index is 0.164. The van der Waals surface area contributed by atoms with Gasteiger partial charge in [-0.25, -0.2) is 9.78 Å². The summed E-state index contributed by atoms with van der Waals surface area (Å²) < 4.78 is 49.4. The predicted molar refractivity (Wildman–Crippen MR) is 80.3 cm³/mol. The number of carbonyl (C=O) groups is 1. The fourth-order valence-corrected chi connectivity index (χ4v) is 2.44. The Hall–Kier alpha value is -1.83. The molecule has 8 heteroatoms. The summed E-state index contributed by atoms with van der Waals surface area (Å²) in [6.45, 7) is 7.02. The fraction of sp³-hybridized carbons (Fsp3) is 0.625. The number of ether oxygens (including phenoxy) is 2. The molecule has 0 N–H and O–H groups in total. The third kappa shape index (κ3) is 3.98. The van der Waals surface area contributed by atoms with Crippen molar-refractivity contribution < 1.29 is 27.4 Å². The molecule has 0 unspecified atom stereocenters. The summed E-state index contributed by atoms with van der Waals surface area (Å²) in [4.78, 5) is 17.3. The zero-order chi connectivity index (χ0) is 18.3. The number of nitrogens with zero attached hydrogens (tertiary/aromatic N) is 2. The second kappa shape index (κ2) is 6.23. The summed E-state index contributed by atoms with van der Waals surface area (Å²) in [5.41, 5.74) is -0.918. The summed E-state index contributed by atoms with van der Waals surface area (Å²) in [7, 11) is 1.53. The second-order valence-corrected chi connectivity index (χ2v) is 6.75. The third-order valence-corrected chi connectivity index (χ3v) is 3.65. The van der Waals surface area contributed by atoms with Crippen LogP contribution in [0.15, 0.2) is 12.1 Å². The van der Waals surface area contributed by atoms with Gasteiger partial charge in [0.1, 0.15) is 11.3 Å². The highest BCUT2D eigenvalue weighted by Gasteiger charge is 2.37. The molecule has 134 valence electrons. The van der Waals surface area contributed by atoms with Crippen LogP contribution in [-0.2, 0) is 15.7 Å². The number of alkyl halides is 3. The van der Waals surface area contributed by atoms with Crippen LogP contribution in [0.3, 0.4) is 0 Å². The first kappa shape index (κ1) is 18.5. The van der Waals surface area contributed by atoms with Gasteiger partial charge in [-0.05, 0) is 33.8 Å². The van der Waals surface area contributed by atoms with E-state index in [9.17, 15) is 18.0 Å². The lowest BCUT2D eigenvalue weighted by atomic mass is 9.98. The van der Waals surface area contributed by atoms with Crippen molar-refractivity contribution in [2.24, 2.45) is 0 Å². The van der Waals surface area contributed by atoms with E-state index in [0.29, 0.717) is 5.56 Å². The van der Waals surface area contributed by atoms with Gasteiger partial charge in [0.25, 0.3) is 0 Å². The largest absolute Gasteiger partial charge is 0.444 e. The van der Waals surface area contributed by atoms with Crippen LogP contribution < -0.4 is 0 Å². The predicted octanol–water partition coefficient (Wildman–Crippen LogP) is 4.10. The molecule has 2 rings (SSSR count). The van der Waals surface area contributed by atoms with E-state index in [-0.39, 0.29) is 12.3 Å². The normalized spacial score (nSPS) is 21.2. The molecule has 0 saturated carbocycles. The van der Waals surface area contributed by atoms with E-state index in [1.54, 1.807) is 27.7 Å². The molecule has 0 spiro atoms. The number of likely N-dealkylation sites (N-methyl/N-ethyl adjacent to an activating group) is 1. The van der Waals surface area contributed by atoms with E-state index < -0.39 is 35.7 Å². The van der Waals surface area contributed by atoms with Gasteiger partial charge >= 0.3 is 12.3 Å². The minimum atomic E-state index is -4.53. The Morgan fingerprint density at radius 3 is 2.50 bits per heavy atom. The summed E-state index contributed by atoms with van der Waals surface area (Å²) in [6, 6.07) is 1.73. The van der Waals surface area contributed by atoms with E-state index >= 15 is 0 Å². The van der Waals surface area contributed by atoms with Crippen molar-refractivity contribution >= 4 is 6.09 Å². The van der Waals surface area contributed by atoms with Crippen LogP contribution in [0.4, 0.5) is 18.0 Å². The van der Waals surface area contributed by atoms with E-state index in [4.69, 9.17) is 9.47 Å². The highest BCUT2D eigenvalue weighted by molar-refractivity contribution is 5.68. The molecule has 1 aromatic rings. The molecule has 2 heterocycles. The SMILES string of the molecule is C[C@H]1OC[C@@H](N(C)C(=O)OC(C)(C)C)c2ccc(C(F)(F)F)nc21. The van der Waals surface area contributed by atoms with Gasteiger partial charge in [0.2, 0.25) is 0 Å². The first-order valence-electron chi connectivity index (χ1n) is 7.55. The summed E-state index contributed by atoms with van der Waals surface area (Å²) in [5, 5.41) is 0. The number of pyridine rings is 1. The lowest BCUT2D eigenvalue weighted by Gasteiger charge is -2.36. The summed E-state index contributed by atoms with van der Waals surface area (Å²) >= 11 is 0. The van der Waals surface area contributed by atoms with Crippen molar-refractivity contribution in [1.29, 1.82) is 0 Å². The lowest BCUT2D eigenvalue weighted by Crippen LogP contribution is -2.40. The maximum absolute atomic E-state index is 12.9. The Morgan fingerprint density at radius 1 is 1.33 bits per heavy atom. The van der Waals surface area contributed by atoms with E-state index in [1.165, 1.54) is 18.0 Å². The van der Waals surface area contributed by atoms with Crippen molar-refractivity contribution in [2.75, 3.05) is 13.7 Å². The molecule has 1 amide bonds. The molecule has 0 aromatic carbocycles. The zero-order valence-corrected chi connectivity index (χ0v) is 14.3. The minimum Gasteiger partial charge on any atom is -0.444 e. The lowest BCUT2D eigenvalue weighted by molar-refractivity contribution is -0.141. The van der Waals surface area contributed by atoms with E-state index in [1.807, 2.05) is 0 Å². The molecule has 24 heavy (non-hydrogen) atoms. The molecule has 0 fully saturated rings. The Kier molecular flexibility index (Phi) is 4.81. The van der Waals surface area contributed by atoms with Gasteiger partial charge in [0.15, 0.2) is 0 Å². The Bertz CT molecular complexity index is 626. The maximum Gasteiger partial charge on any atom is 0.433 e. The number of halogens is 3. The van der Waals surface area contributed by atoms with Crippen LogP contribution in [0, 0.1) is 0 Å². The van der Waals surface area contributed by atoms with Gasteiger partial charge in [-0.15, -0.1) is 0 Å². The zero-order valence-electron chi connectivity index (χ0n) is 14.3. The Morgan fingerprint density at radius 2 is 1.96 bits per heavy atom. The van der Waals surface area contributed by atoms with Crippen LogP contribution in [0.2, 0.25) is 0 Å². The monoisotopic (exact) mass is 346 g/mol. The number of rotatable bonds is 1. The fourth-order valence-electron chi connectivity index (χ4n) is 2.44. The average Bonchev–Trinajstić information content (AvgIpc) is 2.44. The van der Waals surface area contributed by atoms with Crippen LogP contribution in [0.25, 0.3) is 0 Å². The van der Waals surface area contributed by atoms with Crippen molar-refractivity contribution in [2.45, 2.75) is 51.6 Å². The number of carbonyl (C=O) groups excluding carboxylic acids is 1. The number of fused-ring (bicyclic) bond motifs is 1. The van der Waals surface area contributed by atoms with E-state index in [2.05, 4.69) is 4.98 Å². The van der Waals surface area contributed by atoms with Gasteiger partial charge in [-0.2, -0.15) is 13.2 Å². The Balaban J connectivity index is 2.33. The molecule has 1 aliphatic rings. The highest BCUT2D eigenvalue weighted by Crippen LogP contribution is 2.37. The first-order valence-corrected chi connectivity index (χ1v) is 7.55. The molecule has 0 radical (unpaired) electrons. The smallest absolute Gasteiger partial charge is 0.433 e. The van der Waals surface area contributed by atoms with Crippen molar-refractivity contribution in [1.82, 2.24) is 9.88 Å².